The van der Waals surface area contributed by atoms with Crippen molar-refractivity contribution in [3.05, 3.63) is 0 Å². The third-order valence-electron chi connectivity index (χ3n) is 2.04. The van der Waals surface area contributed by atoms with Gasteiger partial charge in [0.25, 0.3) is 0 Å². The molecule has 0 amide bonds. The molecule has 3 nitrogen and oxygen atoms in total. The summed E-state index contributed by atoms with van der Waals surface area (Å²) >= 11 is 34.1. The van der Waals surface area contributed by atoms with Crippen molar-refractivity contribution in [3.63, 3.8) is 0 Å². The van der Waals surface area contributed by atoms with Crippen molar-refractivity contribution in [1.82, 2.24) is 0 Å². The van der Waals surface area contributed by atoms with Crippen LogP contribution in [0.25, 0.3) is 0 Å². The Hall–Kier alpha value is 1.89. The Bertz CT molecular complexity index is 290. The summed E-state index contributed by atoms with van der Waals surface area (Å²) < 4.78 is 18.4. The minimum Gasteiger partial charge on any atom is -0.300 e. The van der Waals surface area contributed by atoms with Crippen molar-refractivity contribution in [2.75, 3.05) is 0 Å². The second-order valence-corrected chi connectivity index (χ2v) is 9.94. The van der Waals surface area contributed by atoms with Gasteiger partial charge in [-0.3, -0.25) is 13.6 Å². The first-order valence-electron chi connectivity index (χ1n) is 4.65. The minimum atomic E-state index is -3.03. The summed E-state index contributed by atoms with van der Waals surface area (Å²) in [6.07, 6.45) is 0. The maximum atomic E-state index is 11.8. The molecule has 110 valence electrons. The van der Waals surface area contributed by atoms with Crippen LogP contribution in [-0.2, 0) is 13.6 Å². The lowest BCUT2D eigenvalue weighted by molar-refractivity contribution is 0.0488. The van der Waals surface area contributed by atoms with Gasteiger partial charge in [0.1, 0.15) is 11.2 Å². The molecule has 0 unspecified atom stereocenters. The van der Waals surface area contributed by atoms with Crippen molar-refractivity contribution in [1.29, 1.82) is 0 Å². The molecule has 0 saturated carbocycles. The molecule has 0 aromatic carbocycles. The average Bonchev–Trinajstić information content (AvgIpc) is 1.95. The van der Waals surface area contributed by atoms with Crippen LogP contribution in [-0.4, -0.2) is 18.8 Å². The van der Waals surface area contributed by atoms with Gasteiger partial charge in [-0.1, -0.05) is 69.6 Å². The van der Waals surface area contributed by atoms with Crippen LogP contribution in [0.15, 0.2) is 0 Å². The number of rotatable bonds is 4. The normalized spacial score (nSPS) is 15.3. The Morgan fingerprint density at radius 2 is 0.944 bits per heavy atom. The summed E-state index contributed by atoms with van der Waals surface area (Å²) in [7, 11) is -3.03. The molecule has 0 heterocycles. The smallest absolute Gasteiger partial charge is 0.300 e. The predicted octanol–water partition coefficient (Wildman–Crippen LogP) is 5.71. The molecular formula is C8H13Cl6O3P. The minimum absolute atomic E-state index is 1.32. The predicted molar refractivity (Wildman–Crippen MR) is 79.9 cm³/mol. The first-order valence-corrected chi connectivity index (χ1v) is 8.15. The quantitative estimate of drug-likeness (QED) is 0.448. The van der Waals surface area contributed by atoms with Crippen LogP contribution in [0.3, 0.4) is 0 Å². The van der Waals surface area contributed by atoms with Crippen molar-refractivity contribution in [3.8, 4) is 0 Å². The lowest BCUT2D eigenvalue weighted by Crippen LogP contribution is -2.40. The van der Waals surface area contributed by atoms with Crippen LogP contribution in [0.5, 0.6) is 0 Å². The van der Waals surface area contributed by atoms with Crippen molar-refractivity contribution >= 4 is 77.9 Å². The van der Waals surface area contributed by atoms with E-state index in [9.17, 15) is 4.57 Å². The Kier molecular flexibility index (Phi) is 7.00. The monoisotopic (exact) mass is 398 g/mol. The van der Waals surface area contributed by atoms with Gasteiger partial charge in [-0.05, 0) is 27.7 Å². The second-order valence-electron chi connectivity index (χ2n) is 4.47. The van der Waals surface area contributed by atoms with Crippen LogP contribution in [0.2, 0.25) is 0 Å². The Morgan fingerprint density at radius 3 is 1.11 bits per heavy atom. The van der Waals surface area contributed by atoms with Gasteiger partial charge in [0.05, 0.1) is 0 Å². The molecule has 0 rings (SSSR count). The van der Waals surface area contributed by atoms with E-state index in [4.69, 9.17) is 78.7 Å². The zero-order valence-corrected chi connectivity index (χ0v) is 15.5. The SMILES string of the molecule is CC(C)(O[PH](=O)OC(C)(C)C(Cl)(Cl)Cl)C(Cl)(Cl)Cl. The lowest BCUT2D eigenvalue weighted by Gasteiger charge is -2.35. The maximum absolute atomic E-state index is 11.8. The molecule has 0 aliphatic carbocycles. The molecule has 0 N–H and O–H groups in total. The van der Waals surface area contributed by atoms with Gasteiger partial charge in [0.2, 0.25) is 7.59 Å². The lowest BCUT2D eigenvalue weighted by atomic mass is 10.2. The van der Waals surface area contributed by atoms with Gasteiger partial charge in [-0.2, -0.15) is 0 Å². The summed E-state index contributed by atoms with van der Waals surface area (Å²) in [4.78, 5) is 0. The first-order chi connectivity index (χ1) is 7.60. The molecule has 0 spiro atoms. The molecule has 0 fully saturated rings. The van der Waals surface area contributed by atoms with E-state index in [-0.39, 0.29) is 0 Å². The highest BCUT2D eigenvalue weighted by Crippen LogP contribution is 2.50. The Morgan fingerprint density at radius 1 is 0.722 bits per heavy atom. The zero-order chi connectivity index (χ0) is 15.0. The van der Waals surface area contributed by atoms with Crippen LogP contribution >= 0.6 is 77.9 Å². The summed E-state index contributed by atoms with van der Waals surface area (Å²) in [5, 5.41) is 0. The van der Waals surface area contributed by atoms with Gasteiger partial charge in [0.15, 0.2) is 0 Å². The van der Waals surface area contributed by atoms with Crippen LogP contribution in [0.1, 0.15) is 27.7 Å². The Balaban J connectivity index is 4.75. The van der Waals surface area contributed by atoms with Gasteiger partial charge >= 0.3 is 8.25 Å². The maximum Gasteiger partial charge on any atom is 0.320 e. The summed E-state index contributed by atoms with van der Waals surface area (Å²) in [5.74, 6) is 0. The fourth-order valence-corrected chi connectivity index (χ4v) is 2.35. The number of hydrogen-bond donors (Lipinski definition) is 0. The van der Waals surface area contributed by atoms with Crippen molar-refractivity contribution in [2.45, 2.75) is 46.5 Å². The largest absolute Gasteiger partial charge is 0.320 e. The summed E-state index contributed by atoms with van der Waals surface area (Å²) in [5.41, 5.74) is -2.64. The Labute approximate surface area is 137 Å². The molecule has 0 bridgehead atoms. The van der Waals surface area contributed by atoms with E-state index in [0.717, 1.165) is 0 Å². The average molecular weight is 401 g/mol. The second kappa shape index (κ2) is 6.34. The van der Waals surface area contributed by atoms with Crippen LogP contribution < -0.4 is 0 Å². The van der Waals surface area contributed by atoms with E-state index < -0.39 is 27.0 Å². The standard InChI is InChI=1S/C8H13Cl6O3P/c1-5(2,7(9,10)11)16-18(15)17-6(3,4)8(12,13)14/h18H,1-4H3. The molecule has 0 atom stereocenters. The molecule has 10 heteroatoms. The fourth-order valence-electron chi connectivity index (χ4n) is 0.553. The summed E-state index contributed by atoms with van der Waals surface area (Å²) in [6, 6.07) is 0. The van der Waals surface area contributed by atoms with E-state index in [1.165, 1.54) is 27.7 Å². The first kappa shape index (κ1) is 19.9. The van der Waals surface area contributed by atoms with Crippen LogP contribution in [0.4, 0.5) is 0 Å². The highest BCUT2D eigenvalue weighted by Gasteiger charge is 2.47. The van der Waals surface area contributed by atoms with Crippen LogP contribution in [0, 0.1) is 0 Å². The van der Waals surface area contributed by atoms with E-state index in [1.54, 1.807) is 0 Å². The van der Waals surface area contributed by atoms with Gasteiger partial charge in [0, 0.05) is 0 Å². The molecule has 0 saturated heterocycles. The van der Waals surface area contributed by atoms with E-state index in [1.807, 2.05) is 0 Å². The number of halogens is 6. The number of alkyl halides is 6. The van der Waals surface area contributed by atoms with Crippen molar-refractivity contribution in [2.24, 2.45) is 0 Å². The highest BCUT2D eigenvalue weighted by atomic mass is 35.6. The molecule has 0 aliphatic rings. The molecule has 0 aliphatic heterocycles. The molecule has 0 aromatic rings. The van der Waals surface area contributed by atoms with Gasteiger partial charge in [-0.25, -0.2) is 0 Å². The molecular weight excluding hydrogens is 388 g/mol. The topological polar surface area (TPSA) is 35.5 Å². The third kappa shape index (κ3) is 5.71. The molecule has 0 aromatic heterocycles. The zero-order valence-electron chi connectivity index (χ0n) is 9.99. The molecule has 18 heavy (non-hydrogen) atoms. The van der Waals surface area contributed by atoms with E-state index in [0.29, 0.717) is 0 Å². The number of hydrogen-bond acceptors (Lipinski definition) is 3. The van der Waals surface area contributed by atoms with Crippen molar-refractivity contribution < 1.29 is 13.6 Å². The molecule has 0 radical (unpaired) electrons. The highest BCUT2D eigenvalue weighted by molar-refractivity contribution is 7.33. The third-order valence-corrected chi connectivity index (χ3v) is 6.13. The summed E-state index contributed by atoms with van der Waals surface area (Å²) in [6.45, 7) is 5.81. The van der Waals surface area contributed by atoms with E-state index in [2.05, 4.69) is 0 Å². The van der Waals surface area contributed by atoms with Gasteiger partial charge in [-0.15, -0.1) is 0 Å². The fraction of sp³-hybridized carbons (Fsp3) is 1.00. The van der Waals surface area contributed by atoms with Gasteiger partial charge < -0.3 is 0 Å². The van der Waals surface area contributed by atoms with E-state index >= 15 is 0 Å².